The maximum Gasteiger partial charge on any atom is 0.434 e. The van der Waals surface area contributed by atoms with Gasteiger partial charge in [-0.1, -0.05) is 0 Å². The highest BCUT2D eigenvalue weighted by Crippen LogP contribution is 2.38. The molecular formula is C20H17F3N8OS. The van der Waals surface area contributed by atoms with Gasteiger partial charge in [0.2, 0.25) is 0 Å². The van der Waals surface area contributed by atoms with Crippen LogP contribution in [0, 0.1) is 6.92 Å². The summed E-state index contributed by atoms with van der Waals surface area (Å²) in [6.45, 7) is 3.89. The van der Waals surface area contributed by atoms with Crippen LogP contribution in [0.5, 0.6) is 0 Å². The van der Waals surface area contributed by atoms with Crippen molar-refractivity contribution < 1.29 is 18.0 Å². The van der Waals surface area contributed by atoms with E-state index in [1.807, 2.05) is 0 Å². The van der Waals surface area contributed by atoms with Gasteiger partial charge in [0.05, 0.1) is 0 Å². The molecule has 4 aromatic heterocycles. The fraction of sp³-hybridized carbons (Fsp3) is 0.200. The van der Waals surface area contributed by atoms with Gasteiger partial charge in [0.25, 0.3) is 0 Å². The molecule has 0 unspecified atom stereocenters. The molecule has 3 N–H and O–H groups in total. The largest absolute Gasteiger partial charge is 0.434 e. The molecule has 4 aromatic rings. The summed E-state index contributed by atoms with van der Waals surface area (Å²) in [6, 6.07) is 2.76. The molecule has 0 radical (unpaired) electrons. The van der Waals surface area contributed by atoms with Crippen molar-refractivity contribution in [1.82, 2.24) is 35.5 Å². The zero-order valence-corrected chi connectivity index (χ0v) is 18.2. The number of aromatic nitrogens is 6. The first-order valence-corrected chi connectivity index (χ1v) is 10.6. The molecule has 9 nitrogen and oxygen atoms in total. The second-order valence-electron chi connectivity index (χ2n) is 6.83. The molecule has 0 aliphatic rings. The molecule has 4 heterocycles. The lowest BCUT2D eigenvalue weighted by Gasteiger charge is -2.11. The molecule has 0 atom stereocenters. The fourth-order valence-corrected chi connectivity index (χ4v) is 3.83. The molecule has 0 saturated carbocycles. The van der Waals surface area contributed by atoms with Crippen LogP contribution in [0.2, 0.25) is 0 Å². The SMILES string of the molecule is CCNC(=O)Nc1cc(-c2nc(C(F)(F)F)cs2)c(-c2cncc(-c3nc(C)n[nH]3)c2)cn1. The van der Waals surface area contributed by atoms with E-state index in [2.05, 4.69) is 40.8 Å². The Hall–Kier alpha value is -3.87. The molecule has 0 bridgehead atoms. The minimum Gasteiger partial charge on any atom is -0.338 e. The first-order valence-electron chi connectivity index (χ1n) is 9.67. The lowest BCUT2D eigenvalue weighted by Crippen LogP contribution is -2.28. The number of nitrogens with zero attached hydrogens (tertiary/aromatic N) is 5. The number of thiazole rings is 1. The Morgan fingerprint density at radius 1 is 1.12 bits per heavy atom. The van der Waals surface area contributed by atoms with Crippen molar-refractivity contribution in [2.45, 2.75) is 20.0 Å². The number of aryl methyl sites for hydroxylation is 1. The third-order valence-corrected chi connectivity index (χ3v) is 5.30. The number of rotatable bonds is 5. The number of nitrogens with one attached hydrogen (secondary N) is 3. The summed E-state index contributed by atoms with van der Waals surface area (Å²) in [5, 5.41) is 13.0. The summed E-state index contributed by atoms with van der Waals surface area (Å²) >= 11 is 0.844. The summed E-state index contributed by atoms with van der Waals surface area (Å²) in [5.74, 6) is 1.22. The molecule has 0 fully saturated rings. The smallest absolute Gasteiger partial charge is 0.338 e. The van der Waals surface area contributed by atoms with E-state index in [4.69, 9.17) is 0 Å². The second-order valence-corrected chi connectivity index (χ2v) is 7.69. The highest BCUT2D eigenvalue weighted by molar-refractivity contribution is 7.13. The zero-order valence-electron chi connectivity index (χ0n) is 17.4. The van der Waals surface area contributed by atoms with Gasteiger partial charge in [-0.15, -0.1) is 11.3 Å². The van der Waals surface area contributed by atoms with Gasteiger partial charge in [0.15, 0.2) is 11.5 Å². The number of carbonyl (C=O) groups excluding carboxylic acids is 1. The minimum atomic E-state index is -4.57. The first kappa shape index (κ1) is 22.3. The van der Waals surface area contributed by atoms with Gasteiger partial charge >= 0.3 is 12.2 Å². The van der Waals surface area contributed by atoms with Crippen LogP contribution in [0.1, 0.15) is 18.4 Å². The molecule has 0 aliphatic heterocycles. The number of H-pyrrole nitrogens is 1. The molecule has 0 aliphatic carbocycles. The normalized spacial score (nSPS) is 11.4. The second kappa shape index (κ2) is 8.94. The molecule has 13 heteroatoms. The van der Waals surface area contributed by atoms with Crippen LogP contribution in [0.15, 0.2) is 36.1 Å². The molecule has 2 amide bonds. The number of hydrogen-bond donors (Lipinski definition) is 3. The van der Waals surface area contributed by atoms with Gasteiger partial charge in [-0.2, -0.15) is 18.3 Å². The Balaban J connectivity index is 1.80. The van der Waals surface area contributed by atoms with Crippen LogP contribution < -0.4 is 10.6 Å². The third-order valence-electron chi connectivity index (χ3n) is 4.43. The predicted molar refractivity (Wildman–Crippen MR) is 116 cm³/mol. The maximum absolute atomic E-state index is 13.2. The summed E-state index contributed by atoms with van der Waals surface area (Å²) in [6.07, 6.45) is 0.0305. The van der Waals surface area contributed by atoms with E-state index < -0.39 is 17.9 Å². The number of anilines is 1. The molecule has 0 spiro atoms. The van der Waals surface area contributed by atoms with E-state index >= 15 is 0 Å². The van der Waals surface area contributed by atoms with Crippen molar-refractivity contribution >= 4 is 23.2 Å². The highest BCUT2D eigenvalue weighted by Gasteiger charge is 2.34. The lowest BCUT2D eigenvalue weighted by atomic mass is 10.0. The summed E-state index contributed by atoms with van der Waals surface area (Å²) in [5.41, 5.74) is 1.08. The van der Waals surface area contributed by atoms with E-state index in [-0.39, 0.29) is 10.8 Å². The molecule has 33 heavy (non-hydrogen) atoms. The van der Waals surface area contributed by atoms with Gasteiger partial charge < -0.3 is 5.32 Å². The Bertz CT molecular complexity index is 1300. The van der Waals surface area contributed by atoms with Gasteiger partial charge in [-0.25, -0.2) is 19.7 Å². The van der Waals surface area contributed by atoms with Crippen molar-refractivity contribution in [3.05, 3.63) is 47.6 Å². The summed E-state index contributed by atoms with van der Waals surface area (Å²) in [7, 11) is 0. The van der Waals surface area contributed by atoms with Crippen molar-refractivity contribution in [1.29, 1.82) is 0 Å². The van der Waals surface area contributed by atoms with E-state index in [0.29, 0.717) is 40.4 Å². The number of amides is 2. The van der Waals surface area contributed by atoms with Crippen LogP contribution in [-0.4, -0.2) is 42.7 Å². The number of hydrogen-bond acceptors (Lipinski definition) is 7. The lowest BCUT2D eigenvalue weighted by molar-refractivity contribution is -0.140. The van der Waals surface area contributed by atoms with Crippen molar-refractivity contribution in [2.75, 3.05) is 11.9 Å². The van der Waals surface area contributed by atoms with Crippen molar-refractivity contribution in [2.24, 2.45) is 0 Å². The average molecular weight is 474 g/mol. The molecular weight excluding hydrogens is 457 g/mol. The third kappa shape index (κ3) is 4.98. The number of pyridine rings is 2. The average Bonchev–Trinajstić information content (AvgIpc) is 3.43. The molecule has 170 valence electrons. The summed E-state index contributed by atoms with van der Waals surface area (Å²) in [4.78, 5) is 28.4. The van der Waals surface area contributed by atoms with Gasteiger partial charge in [0.1, 0.15) is 16.6 Å². The topological polar surface area (TPSA) is 121 Å². The Labute approximate surface area is 189 Å². The molecule has 0 saturated heterocycles. The minimum absolute atomic E-state index is 0.125. The number of alkyl halides is 3. The van der Waals surface area contributed by atoms with Gasteiger partial charge in [-0.05, 0) is 26.0 Å². The highest BCUT2D eigenvalue weighted by atomic mass is 32.1. The summed E-state index contributed by atoms with van der Waals surface area (Å²) < 4.78 is 39.5. The Morgan fingerprint density at radius 2 is 1.91 bits per heavy atom. The van der Waals surface area contributed by atoms with E-state index in [9.17, 15) is 18.0 Å². The molecule has 0 aromatic carbocycles. The van der Waals surface area contributed by atoms with Crippen molar-refractivity contribution in [3.8, 4) is 33.1 Å². The fourth-order valence-electron chi connectivity index (χ4n) is 2.97. The zero-order chi connectivity index (χ0) is 23.6. The standard InChI is InChI=1S/C20H17F3N8OS/c1-3-25-19(32)29-16-5-13(18-28-15(9-33-18)20(21,22)23)14(8-26-16)11-4-12(7-24-6-11)17-27-10(2)30-31-17/h4-9H,3H2,1-2H3,(H,27,30,31)(H2,25,26,29,32). The van der Waals surface area contributed by atoms with Crippen LogP contribution in [0.25, 0.3) is 33.1 Å². The van der Waals surface area contributed by atoms with E-state index in [1.165, 1.54) is 12.3 Å². The van der Waals surface area contributed by atoms with Crippen LogP contribution in [0.3, 0.4) is 0 Å². The number of halogens is 3. The van der Waals surface area contributed by atoms with Crippen molar-refractivity contribution in [3.63, 3.8) is 0 Å². The van der Waals surface area contributed by atoms with Gasteiger partial charge in [-0.3, -0.25) is 15.4 Å². The monoisotopic (exact) mass is 474 g/mol. The molecule has 4 rings (SSSR count). The van der Waals surface area contributed by atoms with Crippen LogP contribution in [-0.2, 0) is 6.18 Å². The predicted octanol–water partition coefficient (Wildman–Crippen LogP) is 4.52. The van der Waals surface area contributed by atoms with Crippen LogP contribution >= 0.6 is 11.3 Å². The van der Waals surface area contributed by atoms with Crippen LogP contribution in [0.4, 0.5) is 23.8 Å². The number of carbonyl (C=O) groups is 1. The first-order chi connectivity index (χ1) is 15.7. The number of aromatic amines is 1. The quantitative estimate of drug-likeness (QED) is 0.391. The van der Waals surface area contributed by atoms with E-state index in [1.54, 1.807) is 32.3 Å². The Morgan fingerprint density at radius 3 is 2.58 bits per heavy atom. The van der Waals surface area contributed by atoms with E-state index in [0.717, 1.165) is 16.7 Å². The number of urea groups is 1. The maximum atomic E-state index is 13.2. The Kier molecular flexibility index (Phi) is 6.05. The van der Waals surface area contributed by atoms with Gasteiger partial charge in [0, 0.05) is 52.8 Å².